The van der Waals surface area contributed by atoms with Crippen molar-refractivity contribution in [2.45, 2.75) is 32.4 Å². The highest BCUT2D eigenvalue weighted by atomic mass is 16.2. The standard InChI is InChI=1S/C26H25N3O2/c1-19(11-12-20-7-3-2-4-8-20)27-25(30)18-29-26(31)16-15-24(28-29)23-14-13-21-9-5-6-10-22(21)17-23/h2-10,13-17,19H,11-12,18H2,1H3,(H,27,30). The van der Waals surface area contributed by atoms with E-state index in [0.717, 1.165) is 29.2 Å². The molecular formula is C26H25N3O2. The lowest BCUT2D eigenvalue weighted by atomic mass is 10.1. The van der Waals surface area contributed by atoms with Gasteiger partial charge in [0.05, 0.1) is 5.69 Å². The minimum atomic E-state index is -0.295. The minimum absolute atomic E-state index is 0.00655. The van der Waals surface area contributed by atoms with Crippen LogP contribution in [0.4, 0.5) is 0 Å². The lowest BCUT2D eigenvalue weighted by Gasteiger charge is -2.14. The molecule has 0 bridgehead atoms. The predicted molar refractivity (Wildman–Crippen MR) is 124 cm³/mol. The third-order valence-electron chi connectivity index (χ3n) is 5.32. The van der Waals surface area contributed by atoms with Crippen LogP contribution in [-0.2, 0) is 17.8 Å². The number of aromatic nitrogens is 2. The number of aryl methyl sites for hydroxylation is 1. The molecule has 5 nitrogen and oxygen atoms in total. The summed E-state index contributed by atoms with van der Waals surface area (Å²) in [5.74, 6) is -0.217. The summed E-state index contributed by atoms with van der Waals surface area (Å²) in [5.41, 5.74) is 2.51. The maximum atomic E-state index is 12.5. The van der Waals surface area contributed by atoms with Crippen molar-refractivity contribution in [2.75, 3.05) is 0 Å². The molecule has 0 spiro atoms. The average Bonchev–Trinajstić information content (AvgIpc) is 2.79. The number of carbonyl (C=O) groups is 1. The van der Waals surface area contributed by atoms with E-state index in [2.05, 4.69) is 28.6 Å². The van der Waals surface area contributed by atoms with Crippen molar-refractivity contribution in [1.82, 2.24) is 15.1 Å². The predicted octanol–water partition coefficient (Wildman–Crippen LogP) is 4.20. The van der Waals surface area contributed by atoms with Crippen molar-refractivity contribution in [1.29, 1.82) is 0 Å². The summed E-state index contributed by atoms with van der Waals surface area (Å²) in [6.45, 7) is 1.87. The molecule has 4 aromatic rings. The number of fused-ring (bicyclic) bond motifs is 1. The fraction of sp³-hybridized carbons (Fsp3) is 0.192. The van der Waals surface area contributed by atoms with Gasteiger partial charge >= 0.3 is 0 Å². The molecule has 1 heterocycles. The van der Waals surface area contributed by atoms with E-state index in [1.807, 2.05) is 61.5 Å². The van der Waals surface area contributed by atoms with E-state index in [0.29, 0.717) is 5.69 Å². The Balaban J connectivity index is 1.43. The normalized spacial score (nSPS) is 11.9. The highest BCUT2D eigenvalue weighted by molar-refractivity contribution is 5.86. The van der Waals surface area contributed by atoms with Gasteiger partial charge in [0.1, 0.15) is 6.54 Å². The van der Waals surface area contributed by atoms with Gasteiger partial charge in [-0.05, 0) is 48.2 Å². The van der Waals surface area contributed by atoms with Gasteiger partial charge in [-0.3, -0.25) is 9.59 Å². The topological polar surface area (TPSA) is 64.0 Å². The van der Waals surface area contributed by atoms with Crippen LogP contribution >= 0.6 is 0 Å². The van der Waals surface area contributed by atoms with Gasteiger partial charge < -0.3 is 5.32 Å². The lowest BCUT2D eigenvalue weighted by molar-refractivity contribution is -0.122. The van der Waals surface area contributed by atoms with E-state index in [1.165, 1.54) is 16.3 Å². The number of nitrogens with zero attached hydrogens (tertiary/aromatic N) is 2. The zero-order valence-corrected chi connectivity index (χ0v) is 17.5. The monoisotopic (exact) mass is 411 g/mol. The summed E-state index contributed by atoms with van der Waals surface area (Å²) in [6, 6.07) is 27.5. The molecule has 1 amide bonds. The highest BCUT2D eigenvalue weighted by Crippen LogP contribution is 2.22. The fourth-order valence-electron chi connectivity index (χ4n) is 3.62. The van der Waals surface area contributed by atoms with E-state index in [-0.39, 0.29) is 24.1 Å². The molecule has 0 saturated heterocycles. The van der Waals surface area contributed by atoms with Gasteiger partial charge in [-0.2, -0.15) is 5.10 Å². The van der Waals surface area contributed by atoms with E-state index >= 15 is 0 Å². The van der Waals surface area contributed by atoms with Crippen LogP contribution in [0.2, 0.25) is 0 Å². The molecule has 1 aromatic heterocycles. The second-order valence-corrected chi connectivity index (χ2v) is 7.77. The largest absolute Gasteiger partial charge is 0.352 e. The molecule has 1 atom stereocenters. The van der Waals surface area contributed by atoms with Gasteiger partial charge in [-0.15, -0.1) is 0 Å². The van der Waals surface area contributed by atoms with Crippen LogP contribution in [0.3, 0.4) is 0 Å². The smallest absolute Gasteiger partial charge is 0.267 e. The molecule has 1 unspecified atom stereocenters. The number of carbonyl (C=O) groups excluding carboxylic acids is 1. The Labute approximate surface area is 181 Å². The first kappa shape index (κ1) is 20.5. The highest BCUT2D eigenvalue weighted by Gasteiger charge is 2.11. The van der Waals surface area contributed by atoms with Gasteiger partial charge in [0, 0.05) is 17.7 Å². The van der Waals surface area contributed by atoms with Crippen LogP contribution < -0.4 is 10.9 Å². The van der Waals surface area contributed by atoms with Crippen molar-refractivity contribution in [3.05, 3.63) is 101 Å². The van der Waals surface area contributed by atoms with E-state index in [4.69, 9.17) is 0 Å². The van der Waals surface area contributed by atoms with Crippen molar-refractivity contribution in [2.24, 2.45) is 0 Å². The summed E-state index contributed by atoms with van der Waals surface area (Å²) in [6.07, 6.45) is 1.72. The Morgan fingerprint density at radius 2 is 1.68 bits per heavy atom. The molecule has 1 N–H and O–H groups in total. The van der Waals surface area contributed by atoms with E-state index in [1.54, 1.807) is 6.07 Å². The molecule has 0 aliphatic carbocycles. The van der Waals surface area contributed by atoms with E-state index < -0.39 is 0 Å². The van der Waals surface area contributed by atoms with Crippen LogP contribution in [0.15, 0.2) is 89.7 Å². The first-order valence-electron chi connectivity index (χ1n) is 10.5. The molecule has 0 saturated carbocycles. The van der Waals surface area contributed by atoms with Crippen molar-refractivity contribution in [3.8, 4) is 11.3 Å². The molecule has 0 aliphatic rings. The summed E-state index contributed by atoms with van der Waals surface area (Å²) >= 11 is 0. The zero-order valence-electron chi connectivity index (χ0n) is 17.5. The summed E-state index contributed by atoms with van der Waals surface area (Å²) in [4.78, 5) is 24.8. The number of nitrogens with one attached hydrogen (secondary N) is 1. The second-order valence-electron chi connectivity index (χ2n) is 7.77. The van der Waals surface area contributed by atoms with Gasteiger partial charge in [0.15, 0.2) is 0 Å². The first-order valence-corrected chi connectivity index (χ1v) is 10.5. The van der Waals surface area contributed by atoms with Crippen molar-refractivity contribution < 1.29 is 4.79 Å². The van der Waals surface area contributed by atoms with Gasteiger partial charge in [-0.25, -0.2) is 4.68 Å². The van der Waals surface area contributed by atoms with Crippen LogP contribution in [0.25, 0.3) is 22.0 Å². The molecule has 156 valence electrons. The Bertz CT molecular complexity index is 1250. The van der Waals surface area contributed by atoms with E-state index in [9.17, 15) is 9.59 Å². The SMILES string of the molecule is CC(CCc1ccccc1)NC(=O)Cn1nc(-c2ccc3ccccc3c2)ccc1=O. The summed E-state index contributed by atoms with van der Waals surface area (Å²) in [5, 5.41) is 9.65. The minimum Gasteiger partial charge on any atom is -0.352 e. The number of benzene rings is 3. The molecule has 0 radical (unpaired) electrons. The second kappa shape index (κ2) is 9.39. The Hall–Kier alpha value is -3.73. The Kier molecular flexibility index (Phi) is 6.22. The molecule has 4 rings (SSSR count). The molecule has 5 heteroatoms. The lowest BCUT2D eigenvalue weighted by Crippen LogP contribution is -2.38. The maximum Gasteiger partial charge on any atom is 0.267 e. The molecular weight excluding hydrogens is 386 g/mol. The fourth-order valence-corrected chi connectivity index (χ4v) is 3.62. The number of amides is 1. The van der Waals surface area contributed by atoms with Crippen LogP contribution in [0.5, 0.6) is 0 Å². The Morgan fingerprint density at radius 1 is 0.935 bits per heavy atom. The zero-order chi connectivity index (χ0) is 21.6. The van der Waals surface area contributed by atoms with Gasteiger partial charge in [0.2, 0.25) is 5.91 Å². The molecule has 3 aromatic carbocycles. The average molecular weight is 412 g/mol. The Morgan fingerprint density at radius 3 is 2.48 bits per heavy atom. The van der Waals surface area contributed by atoms with Gasteiger partial charge in [0.25, 0.3) is 5.56 Å². The summed E-state index contributed by atoms with van der Waals surface area (Å²) in [7, 11) is 0. The van der Waals surface area contributed by atoms with Crippen LogP contribution in [0, 0.1) is 0 Å². The number of hydrogen-bond acceptors (Lipinski definition) is 3. The maximum absolute atomic E-state index is 12.5. The quantitative estimate of drug-likeness (QED) is 0.496. The molecule has 0 aliphatic heterocycles. The summed E-state index contributed by atoms with van der Waals surface area (Å²) < 4.78 is 1.23. The third-order valence-corrected chi connectivity index (χ3v) is 5.32. The van der Waals surface area contributed by atoms with Gasteiger partial charge in [-0.1, -0.05) is 66.7 Å². The van der Waals surface area contributed by atoms with Crippen LogP contribution in [0.1, 0.15) is 18.9 Å². The van der Waals surface area contributed by atoms with Crippen molar-refractivity contribution in [3.63, 3.8) is 0 Å². The van der Waals surface area contributed by atoms with Crippen molar-refractivity contribution >= 4 is 16.7 Å². The molecule has 0 fully saturated rings. The number of rotatable bonds is 7. The molecule has 31 heavy (non-hydrogen) atoms. The first-order chi connectivity index (χ1) is 15.1. The number of hydrogen-bond donors (Lipinski definition) is 1. The van der Waals surface area contributed by atoms with Crippen LogP contribution in [-0.4, -0.2) is 21.7 Å². The third kappa shape index (κ3) is 5.25.